The SMILES string of the molecule is C/C(=C(/C#N)C(=O)NC(C)(C)CCOC(C)(C)C)c1ccc(-c2ccc3cc(N4CCCCC4)ccc3c2)n1C. The molecule has 0 saturated carbocycles. The molecule has 40 heavy (non-hydrogen) atoms. The Labute approximate surface area is 239 Å². The molecule has 0 radical (unpaired) electrons. The van der Waals surface area contributed by atoms with E-state index in [1.165, 1.54) is 35.7 Å². The van der Waals surface area contributed by atoms with E-state index in [9.17, 15) is 10.1 Å². The van der Waals surface area contributed by atoms with Crippen molar-refractivity contribution in [3.63, 3.8) is 0 Å². The highest BCUT2D eigenvalue weighted by atomic mass is 16.5. The number of piperidine rings is 1. The Balaban J connectivity index is 1.54. The van der Waals surface area contributed by atoms with Gasteiger partial charge in [0, 0.05) is 49.4 Å². The summed E-state index contributed by atoms with van der Waals surface area (Å²) in [5.41, 5.74) is 4.31. The standard InChI is InChI=1S/C34H44N4O2/c1-24(29(23-35)32(39)36-34(5,6)17-20-40-33(2,3)4)30-15-16-31(37(30)7)27-12-11-26-22-28(14-13-25(26)21-27)38-18-9-8-10-19-38/h11-16,21-22H,8-10,17-20H2,1-7H3,(H,36,39)/b29-24+. The van der Waals surface area contributed by atoms with Gasteiger partial charge in [-0.1, -0.05) is 18.2 Å². The third-order valence-corrected chi connectivity index (χ3v) is 7.77. The summed E-state index contributed by atoms with van der Waals surface area (Å²) >= 11 is 0. The first kappa shape index (κ1) is 29.4. The molecule has 1 amide bonds. The number of aromatic nitrogens is 1. The maximum Gasteiger partial charge on any atom is 0.262 e. The Morgan fingerprint density at radius 3 is 2.33 bits per heavy atom. The average Bonchev–Trinajstić information content (AvgIpc) is 3.28. The van der Waals surface area contributed by atoms with Crippen LogP contribution in [0.1, 0.15) is 72.9 Å². The number of nitrogens with one attached hydrogen (secondary N) is 1. The lowest BCUT2D eigenvalue weighted by atomic mass is 9.99. The summed E-state index contributed by atoms with van der Waals surface area (Å²) in [6.07, 6.45) is 4.50. The topological polar surface area (TPSA) is 70.3 Å². The van der Waals surface area contributed by atoms with E-state index in [0.717, 1.165) is 30.0 Å². The van der Waals surface area contributed by atoms with Gasteiger partial charge in [-0.25, -0.2) is 0 Å². The van der Waals surface area contributed by atoms with Gasteiger partial charge >= 0.3 is 0 Å². The van der Waals surface area contributed by atoms with E-state index in [2.05, 4.69) is 63.3 Å². The highest BCUT2D eigenvalue weighted by molar-refractivity contribution is 6.04. The molecule has 0 bridgehead atoms. The number of ether oxygens (including phenoxy) is 1. The van der Waals surface area contributed by atoms with Gasteiger partial charge in [-0.3, -0.25) is 4.79 Å². The number of allylic oxidation sites excluding steroid dienone is 1. The lowest BCUT2D eigenvalue weighted by Gasteiger charge is -2.29. The Morgan fingerprint density at radius 2 is 1.65 bits per heavy atom. The molecule has 1 fully saturated rings. The van der Waals surface area contributed by atoms with Gasteiger partial charge < -0.3 is 19.5 Å². The summed E-state index contributed by atoms with van der Waals surface area (Å²) in [6, 6.07) is 19.5. The number of nitriles is 1. The monoisotopic (exact) mass is 540 g/mol. The summed E-state index contributed by atoms with van der Waals surface area (Å²) in [5.74, 6) is -0.362. The summed E-state index contributed by atoms with van der Waals surface area (Å²) in [7, 11) is 1.98. The highest BCUT2D eigenvalue weighted by Crippen LogP contribution is 2.31. The zero-order valence-corrected chi connectivity index (χ0v) is 25.2. The molecule has 2 heterocycles. The predicted molar refractivity (Wildman–Crippen MR) is 165 cm³/mol. The Bertz CT molecular complexity index is 1440. The lowest BCUT2D eigenvalue weighted by molar-refractivity contribution is -0.118. The predicted octanol–water partition coefficient (Wildman–Crippen LogP) is 7.23. The molecule has 6 nitrogen and oxygen atoms in total. The molecule has 212 valence electrons. The van der Waals surface area contributed by atoms with Crippen molar-refractivity contribution in [2.75, 3.05) is 24.6 Å². The van der Waals surface area contributed by atoms with Crippen molar-refractivity contribution in [2.45, 2.75) is 78.4 Å². The molecule has 1 aliphatic heterocycles. The molecule has 1 saturated heterocycles. The van der Waals surface area contributed by atoms with Crippen LogP contribution in [0.3, 0.4) is 0 Å². The number of hydrogen-bond acceptors (Lipinski definition) is 4. The Morgan fingerprint density at radius 1 is 0.975 bits per heavy atom. The molecule has 0 atom stereocenters. The average molecular weight is 541 g/mol. The molecule has 0 aliphatic carbocycles. The smallest absolute Gasteiger partial charge is 0.262 e. The first-order chi connectivity index (χ1) is 18.9. The van der Waals surface area contributed by atoms with Crippen molar-refractivity contribution < 1.29 is 9.53 Å². The largest absolute Gasteiger partial charge is 0.376 e. The van der Waals surface area contributed by atoms with Crippen LogP contribution in [0.25, 0.3) is 27.6 Å². The number of rotatable bonds is 8. The van der Waals surface area contributed by atoms with Crippen molar-refractivity contribution in [3.05, 3.63) is 59.8 Å². The first-order valence-corrected chi connectivity index (χ1v) is 14.4. The summed E-state index contributed by atoms with van der Waals surface area (Å²) in [5, 5.41) is 15.4. The molecule has 0 unspecified atom stereocenters. The summed E-state index contributed by atoms with van der Waals surface area (Å²) < 4.78 is 7.90. The van der Waals surface area contributed by atoms with Gasteiger partial charge in [0.05, 0.1) is 5.60 Å². The van der Waals surface area contributed by atoms with E-state index in [1.54, 1.807) is 0 Å². The molecule has 1 N–H and O–H groups in total. The number of nitrogens with zero attached hydrogens (tertiary/aromatic N) is 3. The van der Waals surface area contributed by atoms with Crippen molar-refractivity contribution in [2.24, 2.45) is 7.05 Å². The van der Waals surface area contributed by atoms with Crippen LogP contribution in [0.2, 0.25) is 0 Å². The van der Waals surface area contributed by atoms with Gasteiger partial charge in [-0.2, -0.15) is 5.26 Å². The second-order valence-electron chi connectivity index (χ2n) is 12.6. The number of hydrogen-bond donors (Lipinski definition) is 1. The van der Waals surface area contributed by atoms with Crippen LogP contribution in [0.4, 0.5) is 5.69 Å². The fourth-order valence-corrected chi connectivity index (χ4v) is 5.40. The molecule has 2 aromatic carbocycles. The fourth-order valence-electron chi connectivity index (χ4n) is 5.40. The van der Waals surface area contributed by atoms with E-state index < -0.39 is 5.54 Å². The molecule has 3 aromatic rings. The van der Waals surface area contributed by atoms with E-state index in [-0.39, 0.29) is 17.1 Å². The van der Waals surface area contributed by atoms with Crippen molar-refractivity contribution in [3.8, 4) is 17.3 Å². The molecular formula is C34H44N4O2. The van der Waals surface area contributed by atoms with E-state index in [0.29, 0.717) is 18.6 Å². The number of benzene rings is 2. The zero-order valence-electron chi connectivity index (χ0n) is 25.2. The minimum atomic E-state index is -0.511. The number of amides is 1. The summed E-state index contributed by atoms with van der Waals surface area (Å²) in [6.45, 7) is 14.6. The normalized spacial score (nSPS) is 15.1. The van der Waals surface area contributed by atoms with Crippen LogP contribution in [0.5, 0.6) is 0 Å². The second-order valence-corrected chi connectivity index (χ2v) is 12.6. The van der Waals surface area contributed by atoms with Gasteiger partial charge in [-0.15, -0.1) is 0 Å². The maximum absolute atomic E-state index is 13.2. The summed E-state index contributed by atoms with van der Waals surface area (Å²) in [4.78, 5) is 15.7. The van der Waals surface area contributed by atoms with Crippen LogP contribution in [-0.2, 0) is 16.6 Å². The second kappa shape index (κ2) is 11.9. The minimum absolute atomic E-state index is 0.126. The number of carbonyl (C=O) groups excluding carboxylic acids is 1. The molecule has 1 aliphatic rings. The molecule has 1 aromatic heterocycles. The fraction of sp³-hybridized carbons (Fsp3) is 0.471. The van der Waals surface area contributed by atoms with Crippen LogP contribution >= 0.6 is 0 Å². The Kier molecular flexibility index (Phi) is 8.75. The van der Waals surface area contributed by atoms with E-state index >= 15 is 0 Å². The van der Waals surface area contributed by atoms with Crippen molar-refractivity contribution in [1.82, 2.24) is 9.88 Å². The van der Waals surface area contributed by atoms with Crippen LogP contribution in [0.15, 0.2) is 54.1 Å². The van der Waals surface area contributed by atoms with Crippen LogP contribution < -0.4 is 10.2 Å². The van der Waals surface area contributed by atoms with Crippen LogP contribution in [-0.4, -0.2) is 41.3 Å². The molecule has 6 heteroatoms. The molecule has 0 spiro atoms. The third-order valence-electron chi connectivity index (χ3n) is 7.77. The van der Waals surface area contributed by atoms with Gasteiger partial charge in [0.1, 0.15) is 11.6 Å². The van der Waals surface area contributed by atoms with Gasteiger partial charge in [0.15, 0.2) is 0 Å². The lowest BCUT2D eigenvalue weighted by Crippen LogP contribution is -2.45. The third kappa shape index (κ3) is 6.95. The highest BCUT2D eigenvalue weighted by Gasteiger charge is 2.25. The Hall–Kier alpha value is -3.56. The number of anilines is 1. The maximum atomic E-state index is 13.2. The zero-order chi connectivity index (χ0) is 29.1. The number of carbonyl (C=O) groups is 1. The van der Waals surface area contributed by atoms with Crippen molar-refractivity contribution in [1.29, 1.82) is 5.26 Å². The molecular weight excluding hydrogens is 496 g/mol. The quantitative estimate of drug-likeness (QED) is 0.242. The van der Waals surface area contributed by atoms with Gasteiger partial charge in [0.25, 0.3) is 5.91 Å². The minimum Gasteiger partial charge on any atom is -0.376 e. The first-order valence-electron chi connectivity index (χ1n) is 14.4. The van der Waals surface area contributed by atoms with E-state index in [4.69, 9.17) is 4.74 Å². The van der Waals surface area contributed by atoms with Gasteiger partial charge in [-0.05, 0) is 119 Å². The van der Waals surface area contributed by atoms with Crippen LogP contribution in [0, 0.1) is 11.3 Å². The van der Waals surface area contributed by atoms with Gasteiger partial charge in [0.2, 0.25) is 0 Å². The molecule has 4 rings (SSSR count). The van der Waals surface area contributed by atoms with Crippen molar-refractivity contribution >= 4 is 27.9 Å². The van der Waals surface area contributed by atoms with E-state index in [1.807, 2.05) is 54.7 Å². The number of fused-ring (bicyclic) bond motifs is 1.